The molecule has 1 fully saturated rings. The van der Waals surface area contributed by atoms with Crippen LogP contribution in [0.4, 0.5) is 5.69 Å². The number of nitrogens with two attached hydrogens (primary N) is 2. The fourth-order valence-electron chi connectivity index (χ4n) is 2.93. The first-order valence-corrected chi connectivity index (χ1v) is 9.45. The minimum Gasteiger partial charge on any atom is -0.327 e. The normalized spacial score (nSPS) is 21.5. The summed E-state index contributed by atoms with van der Waals surface area (Å²) in [5.41, 5.74) is 7.30. The number of hydrogen-bond donors (Lipinski definition) is 3. The molecule has 0 bridgehead atoms. The molecule has 1 heterocycles. The summed E-state index contributed by atoms with van der Waals surface area (Å²) in [6.45, 7) is 7.76. The van der Waals surface area contributed by atoms with Crippen LogP contribution in [0.15, 0.2) is 23.1 Å². The molecule has 0 spiro atoms. The molecule has 1 aromatic rings. The molecule has 134 valence electrons. The van der Waals surface area contributed by atoms with Gasteiger partial charge in [0.25, 0.3) is 0 Å². The van der Waals surface area contributed by atoms with E-state index in [0.29, 0.717) is 5.69 Å². The Hall–Kier alpha value is -1.48. The van der Waals surface area contributed by atoms with Crippen molar-refractivity contribution in [2.75, 3.05) is 25.0 Å². The highest BCUT2D eigenvalue weighted by Gasteiger charge is 2.33. The number of benzene rings is 1. The molecule has 8 heteroatoms. The molecule has 0 saturated carbocycles. The number of aryl methyl sites for hydroxylation is 1. The monoisotopic (exact) mass is 354 g/mol. The first-order chi connectivity index (χ1) is 11.0. The quantitative estimate of drug-likeness (QED) is 0.733. The number of hydrogen-bond acceptors (Lipinski definition) is 5. The second-order valence-corrected chi connectivity index (χ2v) is 8.73. The van der Waals surface area contributed by atoms with Crippen molar-refractivity contribution >= 4 is 21.6 Å². The molecule has 7 nitrogen and oxygen atoms in total. The van der Waals surface area contributed by atoms with Gasteiger partial charge in [0.1, 0.15) is 0 Å². The molecule has 0 aliphatic carbocycles. The summed E-state index contributed by atoms with van der Waals surface area (Å²) >= 11 is 0. The number of piperidine rings is 1. The largest absolute Gasteiger partial charge is 0.327 e. The van der Waals surface area contributed by atoms with Crippen molar-refractivity contribution in [2.45, 2.75) is 38.1 Å². The smallest absolute Gasteiger partial charge is 0.238 e. The molecule has 1 unspecified atom stereocenters. The molecule has 1 aliphatic heterocycles. The van der Waals surface area contributed by atoms with Gasteiger partial charge < -0.3 is 11.1 Å². The maximum atomic E-state index is 12.3. The van der Waals surface area contributed by atoms with Gasteiger partial charge in [-0.1, -0.05) is 19.9 Å². The van der Waals surface area contributed by atoms with Crippen LogP contribution in [-0.4, -0.2) is 44.9 Å². The number of likely N-dealkylation sites (tertiary alicyclic amines) is 1. The molecule has 0 radical (unpaired) electrons. The van der Waals surface area contributed by atoms with E-state index in [0.717, 1.165) is 25.1 Å². The molecule has 1 aromatic carbocycles. The van der Waals surface area contributed by atoms with Crippen LogP contribution in [0.3, 0.4) is 0 Å². The van der Waals surface area contributed by atoms with Gasteiger partial charge in [-0.15, -0.1) is 0 Å². The number of nitrogens with one attached hydrogen (secondary N) is 1. The van der Waals surface area contributed by atoms with E-state index in [-0.39, 0.29) is 28.8 Å². The molecule has 1 amide bonds. The van der Waals surface area contributed by atoms with Gasteiger partial charge in [-0.25, -0.2) is 13.6 Å². The van der Waals surface area contributed by atoms with E-state index in [1.165, 1.54) is 12.1 Å². The van der Waals surface area contributed by atoms with Crippen LogP contribution in [0.1, 0.15) is 25.8 Å². The zero-order valence-electron chi connectivity index (χ0n) is 14.4. The Kier molecular flexibility index (Phi) is 5.34. The number of nitrogens with zero attached hydrogens (tertiary/aromatic N) is 1. The molecule has 5 N–H and O–H groups in total. The second kappa shape index (κ2) is 6.79. The third-order valence-corrected chi connectivity index (χ3v) is 5.48. The van der Waals surface area contributed by atoms with E-state index in [4.69, 9.17) is 10.9 Å². The third-order valence-electron chi connectivity index (χ3n) is 4.57. The number of carbonyl (C=O) groups is 1. The summed E-state index contributed by atoms with van der Waals surface area (Å²) in [6.07, 6.45) is 0.847. The molecular weight excluding hydrogens is 328 g/mol. The number of rotatable bonds is 4. The van der Waals surface area contributed by atoms with Gasteiger partial charge in [0.05, 0.1) is 11.4 Å². The van der Waals surface area contributed by atoms with Crippen molar-refractivity contribution in [3.05, 3.63) is 23.8 Å². The molecular formula is C16H26N4O3S. The molecule has 1 saturated heterocycles. The fraction of sp³-hybridized carbons (Fsp3) is 0.562. The summed E-state index contributed by atoms with van der Waals surface area (Å²) < 4.78 is 22.9. The standard InChI is InChI=1S/C16H26N4O3S/c1-11-4-5-12(24(18,22)23)8-13(11)19-15(21)9-20-7-6-14(17)16(2,3)10-20/h4-5,8,14H,6-7,9-10,17H2,1-3H3,(H,19,21)(H2,18,22,23). The van der Waals surface area contributed by atoms with E-state index >= 15 is 0 Å². The predicted molar refractivity (Wildman–Crippen MR) is 94.0 cm³/mol. The second-order valence-electron chi connectivity index (χ2n) is 7.16. The molecule has 24 heavy (non-hydrogen) atoms. The lowest BCUT2D eigenvalue weighted by Crippen LogP contribution is -2.53. The van der Waals surface area contributed by atoms with Crippen LogP contribution >= 0.6 is 0 Å². The molecule has 1 aliphatic rings. The first-order valence-electron chi connectivity index (χ1n) is 7.90. The lowest BCUT2D eigenvalue weighted by atomic mass is 9.80. The van der Waals surface area contributed by atoms with Gasteiger partial charge in [-0.3, -0.25) is 9.69 Å². The lowest BCUT2D eigenvalue weighted by molar-refractivity contribution is -0.118. The van der Waals surface area contributed by atoms with Crippen molar-refractivity contribution in [3.8, 4) is 0 Å². The Labute approximate surface area is 143 Å². The summed E-state index contributed by atoms with van der Waals surface area (Å²) in [4.78, 5) is 14.4. The Balaban J connectivity index is 2.05. The van der Waals surface area contributed by atoms with Crippen molar-refractivity contribution < 1.29 is 13.2 Å². The van der Waals surface area contributed by atoms with Gasteiger partial charge in [0.15, 0.2) is 0 Å². The Morgan fingerprint density at radius 3 is 2.67 bits per heavy atom. The number of amides is 1. The van der Waals surface area contributed by atoms with Crippen LogP contribution in [0.5, 0.6) is 0 Å². The molecule has 1 atom stereocenters. The van der Waals surface area contributed by atoms with E-state index in [9.17, 15) is 13.2 Å². The van der Waals surface area contributed by atoms with Gasteiger partial charge in [0, 0.05) is 24.8 Å². The predicted octanol–water partition coefficient (Wildman–Crippen LogP) is 0.640. The van der Waals surface area contributed by atoms with E-state index in [1.54, 1.807) is 13.0 Å². The maximum Gasteiger partial charge on any atom is 0.238 e. The fourth-order valence-corrected chi connectivity index (χ4v) is 3.47. The summed E-state index contributed by atoms with van der Waals surface area (Å²) in [5.74, 6) is -0.184. The minimum atomic E-state index is -3.80. The Bertz CT molecular complexity index is 731. The van der Waals surface area contributed by atoms with Crippen LogP contribution < -0.4 is 16.2 Å². The highest BCUT2D eigenvalue weighted by Crippen LogP contribution is 2.27. The number of sulfonamides is 1. The topological polar surface area (TPSA) is 119 Å². The van der Waals surface area contributed by atoms with Gasteiger partial charge in [-0.05, 0) is 36.5 Å². The van der Waals surface area contributed by atoms with E-state index < -0.39 is 10.0 Å². The van der Waals surface area contributed by atoms with Gasteiger partial charge >= 0.3 is 0 Å². The Morgan fingerprint density at radius 2 is 2.08 bits per heavy atom. The van der Waals surface area contributed by atoms with Crippen LogP contribution in [0.2, 0.25) is 0 Å². The zero-order valence-corrected chi connectivity index (χ0v) is 15.2. The van der Waals surface area contributed by atoms with Crippen molar-refractivity contribution in [1.29, 1.82) is 0 Å². The van der Waals surface area contributed by atoms with E-state index in [2.05, 4.69) is 24.1 Å². The van der Waals surface area contributed by atoms with Crippen LogP contribution in [0.25, 0.3) is 0 Å². The zero-order chi connectivity index (χ0) is 18.1. The average Bonchev–Trinajstić information content (AvgIpc) is 2.43. The van der Waals surface area contributed by atoms with Crippen molar-refractivity contribution in [2.24, 2.45) is 16.3 Å². The first kappa shape index (κ1) is 18.9. The van der Waals surface area contributed by atoms with Crippen LogP contribution in [-0.2, 0) is 14.8 Å². The molecule has 2 rings (SSSR count). The number of anilines is 1. The van der Waals surface area contributed by atoms with Gasteiger partial charge in [-0.2, -0.15) is 0 Å². The SMILES string of the molecule is Cc1ccc(S(N)(=O)=O)cc1NC(=O)CN1CCC(N)C(C)(C)C1. The minimum absolute atomic E-state index is 0.0199. The summed E-state index contributed by atoms with van der Waals surface area (Å²) in [7, 11) is -3.80. The summed E-state index contributed by atoms with van der Waals surface area (Å²) in [6, 6.07) is 4.57. The number of carbonyl (C=O) groups excluding carboxylic acids is 1. The van der Waals surface area contributed by atoms with Crippen molar-refractivity contribution in [1.82, 2.24) is 4.90 Å². The van der Waals surface area contributed by atoms with Gasteiger partial charge in [0.2, 0.25) is 15.9 Å². The number of primary sulfonamides is 1. The lowest BCUT2D eigenvalue weighted by Gasteiger charge is -2.42. The maximum absolute atomic E-state index is 12.3. The third kappa shape index (κ3) is 4.54. The Morgan fingerprint density at radius 1 is 1.42 bits per heavy atom. The van der Waals surface area contributed by atoms with E-state index in [1.807, 2.05) is 0 Å². The van der Waals surface area contributed by atoms with Crippen LogP contribution in [0, 0.1) is 12.3 Å². The average molecular weight is 354 g/mol. The highest BCUT2D eigenvalue weighted by molar-refractivity contribution is 7.89. The highest BCUT2D eigenvalue weighted by atomic mass is 32.2. The van der Waals surface area contributed by atoms with Crippen molar-refractivity contribution in [3.63, 3.8) is 0 Å². The summed E-state index contributed by atoms with van der Waals surface area (Å²) in [5, 5.41) is 7.91. The molecule has 0 aromatic heterocycles.